The summed E-state index contributed by atoms with van der Waals surface area (Å²) in [5, 5.41) is 5.10. The first-order valence-corrected chi connectivity index (χ1v) is 6.26. The van der Waals surface area contributed by atoms with E-state index in [0.29, 0.717) is 11.5 Å². The molecule has 0 aliphatic carbocycles. The Bertz CT molecular complexity index is 461. The fourth-order valence-electron chi connectivity index (χ4n) is 1.17. The Morgan fingerprint density at radius 3 is 2.40 bits per heavy atom. The van der Waals surface area contributed by atoms with Crippen molar-refractivity contribution in [3.8, 4) is 0 Å². The van der Waals surface area contributed by atoms with Crippen molar-refractivity contribution < 1.29 is 8.42 Å². The first-order valence-electron chi connectivity index (χ1n) is 4.71. The van der Waals surface area contributed by atoms with Gasteiger partial charge in [-0.2, -0.15) is 0 Å². The number of hydrogen-bond acceptors (Lipinski definition) is 2. The van der Waals surface area contributed by atoms with Gasteiger partial charge in [-0.3, -0.25) is 0 Å². The van der Waals surface area contributed by atoms with Crippen LogP contribution >= 0.6 is 0 Å². The number of hydrogen-bond donors (Lipinski definition) is 1. The van der Waals surface area contributed by atoms with E-state index in [1.165, 1.54) is 6.07 Å². The van der Waals surface area contributed by atoms with Crippen LogP contribution in [0, 0.1) is 5.92 Å². The Kier molecular flexibility index (Phi) is 3.66. The summed E-state index contributed by atoms with van der Waals surface area (Å²) in [6.45, 7) is 4.05. The lowest BCUT2D eigenvalue weighted by Crippen LogP contribution is -2.13. The zero-order chi connectivity index (χ0) is 11.5. The summed E-state index contributed by atoms with van der Waals surface area (Å²) in [5.74, 6) is 0.374. The van der Waals surface area contributed by atoms with Crippen molar-refractivity contribution in [2.45, 2.75) is 18.7 Å². The molecule has 0 atom stereocenters. The molecule has 82 valence electrons. The van der Waals surface area contributed by atoms with Crippen LogP contribution in [0.1, 0.15) is 19.4 Å². The SMILES string of the molecule is CC(C)/C=C/c1ccccc1S(N)(=O)=O. The van der Waals surface area contributed by atoms with Crippen molar-refractivity contribution in [2.75, 3.05) is 0 Å². The molecule has 0 unspecified atom stereocenters. The number of allylic oxidation sites excluding steroid dienone is 1. The van der Waals surface area contributed by atoms with Gasteiger partial charge in [0.1, 0.15) is 0 Å². The van der Waals surface area contributed by atoms with Gasteiger partial charge in [-0.15, -0.1) is 0 Å². The molecule has 1 aromatic rings. The highest BCUT2D eigenvalue weighted by Gasteiger charge is 2.10. The second kappa shape index (κ2) is 4.59. The van der Waals surface area contributed by atoms with E-state index < -0.39 is 10.0 Å². The van der Waals surface area contributed by atoms with Gasteiger partial charge in [-0.25, -0.2) is 13.6 Å². The number of rotatable bonds is 3. The largest absolute Gasteiger partial charge is 0.238 e. The molecule has 1 rings (SSSR count). The van der Waals surface area contributed by atoms with Crippen LogP contribution in [0.3, 0.4) is 0 Å². The van der Waals surface area contributed by atoms with E-state index in [2.05, 4.69) is 0 Å². The first-order chi connectivity index (χ1) is 6.91. The maximum Gasteiger partial charge on any atom is 0.238 e. The highest BCUT2D eigenvalue weighted by molar-refractivity contribution is 7.89. The smallest absolute Gasteiger partial charge is 0.225 e. The van der Waals surface area contributed by atoms with Crippen LogP contribution in [-0.2, 0) is 10.0 Å². The second-order valence-corrected chi connectivity index (χ2v) is 5.22. The van der Waals surface area contributed by atoms with Gasteiger partial charge in [0.25, 0.3) is 0 Å². The molecule has 0 spiro atoms. The molecule has 15 heavy (non-hydrogen) atoms. The quantitative estimate of drug-likeness (QED) is 0.855. The monoisotopic (exact) mass is 225 g/mol. The molecule has 0 heterocycles. The van der Waals surface area contributed by atoms with Crippen molar-refractivity contribution in [2.24, 2.45) is 11.1 Å². The molecule has 2 N–H and O–H groups in total. The topological polar surface area (TPSA) is 60.2 Å². The van der Waals surface area contributed by atoms with Gasteiger partial charge < -0.3 is 0 Å². The molecule has 0 saturated heterocycles. The molecular formula is C11H15NO2S. The summed E-state index contributed by atoms with van der Waals surface area (Å²) < 4.78 is 22.5. The van der Waals surface area contributed by atoms with Crippen LogP contribution in [0.5, 0.6) is 0 Å². The molecule has 0 radical (unpaired) electrons. The summed E-state index contributed by atoms with van der Waals surface area (Å²) in [7, 11) is -3.63. The van der Waals surface area contributed by atoms with Crippen molar-refractivity contribution >= 4 is 16.1 Å². The van der Waals surface area contributed by atoms with Gasteiger partial charge in [-0.05, 0) is 17.5 Å². The number of sulfonamides is 1. The van der Waals surface area contributed by atoms with E-state index >= 15 is 0 Å². The third kappa shape index (κ3) is 3.49. The number of nitrogens with two attached hydrogens (primary N) is 1. The summed E-state index contributed by atoms with van der Waals surface area (Å²) in [4.78, 5) is 0.168. The van der Waals surface area contributed by atoms with Crippen molar-refractivity contribution in [1.29, 1.82) is 0 Å². The number of primary sulfonamides is 1. The lowest BCUT2D eigenvalue weighted by atomic mass is 10.1. The van der Waals surface area contributed by atoms with Crippen LogP contribution in [-0.4, -0.2) is 8.42 Å². The highest BCUT2D eigenvalue weighted by atomic mass is 32.2. The lowest BCUT2D eigenvalue weighted by Gasteiger charge is -2.03. The van der Waals surface area contributed by atoms with Gasteiger partial charge in [0.15, 0.2) is 0 Å². The fourth-order valence-corrected chi connectivity index (χ4v) is 1.91. The van der Waals surface area contributed by atoms with E-state index in [1.807, 2.05) is 19.9 Å². The van der Waals surface area contributed by atoms with Crippen LogP contribution in [0.4, 0.5) is 0 Å². The normalized spacial score (nSPS) is 12.5. The standard InChI is InChI=1S/C11H15NO2S/c1-9(2)7-8-10-5-3-4-6-11(10)15(12,13)14/h3-9H,1-2H3,(H2,12,13,14)/b8-7+. The first kappa shape index (κ1) is 11.9. The van der Waals surface area contributed by atoms with Crippen LogP contribution < -0.4 is 5.14 Å². The molecule has 0 aliphatic rings. The molecule has 0 aromatic heterocycles. The minimum atomic E-state index is -3.63. The van der Waals surface area contributed by atoms with Crippen LogP contribution in [0.2, 0.25) is 0 Å². The van der Waals surface area contributed by atoms with E-state index in [-0.39, 0.29) is 4.90 Å². The average Bonchev–Trinajstić information content (AvgIpc) is 2.13. The highest BCUT2D eigenvalue weighted by Crippen LogP contribution is 2.15. The van der Waals surface area contributed by atoms with Crippen molar-refractivity contribution in [3.05, 3.63) is 35.9 Å². The Labute approximate surface area is 90.7 Å². The third-order valence-electron chi connectivity index (χ3n) is 1.89. The Morgan fingerprint density at radius 1 is 1.27 bits per heavy atom. The second-order valence-electron chi connectivity index (χ2n) is 3.69. The van der Waals surface area contributed by atoms with Crippen molar-refractivity contribution in [3.63, 3.8) is 0 Å². The van der Waals surface area contributed by atoms with Gasteiger partial charge in [0.2, 0.25) is 10.0 Å². The third-order valence-corrected chi connectivity index (χ3v) is 2.87. The molecule has 1 aromatic carbocycles. The predicted octanol–water partition coefficient (Wildman–Crippen LogP) is 2.00. The van der Waals surface area contributed by atoms with Gasteiger partial charge in [0, 0.05) is 0 Å². The average molecular weight is 225 g/mol. The molecule has 0 aliphatic heterocycles. The molecule has 0 bridgehead atoms. The van der Waals surface area contributed by atoms with Gasteiger partial charge in [-0.1, -0.05) is 44.2 Å². The molecule has 0 fully saturated rings. The van der Waals surface area contributed by atoms with Gasteiger partial charge >= 0.3 is 0 Å². The lowest BCUT2D eigenvalue weighted by molar-refractivity contribution is 0.597. The summed E-state index contributed by atoms with van der Waals surface area (Å²) in [6, 6.07) is 6.69. The van der Waals surface area contributed by atoms with Gasteiger partial charge in [0.05, 0.1) is 4.90 Å². The maximum absolute atomic E-state index is 11.2. The summed E-state index contributed by atoms with van der Waals surface area (Å²) in [6.07, 6.45) is 3.72. The Balaban J connectivity index is 3.19. The van der Waals surface area contributed by atoms with Crippen LogP contribution in [0.15, 0.2) is 35.2 Å². The predicted molar refractivity (Wildman–Crippen MR) is 61.7 cm³/mol. The number of benzene rings is 1. The zero-order valence-electron chi connectivity index (χ0n) is 8.84. The van der Waals surface area contributed by atoms with E-state index in [1.54, 1.807) is 24.3 Å². The minimum absolute atomic E-state index is 0.168. The maximum atomic E-state index is 11.2. The van der Waals surface area contributed by atoms with E-state index in [0.717, 1.165) is 0 Å². The Morgan fingerprint density at radius 2 is 1.87 bits per heavy atom. The Hall–Kier alpha value is -1.13. The summed E-state index contributed by atoms with van der Waals surface area (Å²) in [5.41, 5.74) is 0.633. The van der Waals surface area contributed by atoms with E-state index in [4.69, 9.17) is 5.14 Å². The molecule has 0 amide bonds. The van der Waals surface area contributed by atoms with E-state index in [9.17, 15) is 8.42 Å². The zero-order valence-corrected chi connectivity index (χ0v) is 9.66. The minimum Gasteiger partial charge on any atom is -0.225 e. The fraction of sp³-hybridized carbons (Fsp3) is 0.273. The summed E-state index contributed by atoms with van der Waals surface area (Å²) >= 11 is 0. The molecular weight excluding hydrogens is 210 g/mol. The van der Waals surface area contributed by atoms with Crippen LogP contribution in [0.25, 0.3) is 6.08 Å². The van der Waals surface area contributed by atoms with Crippen molar-refractivity contribution in [1.82, 2.24) is 0 Å². The molecule has 3 nitrogen and oxygen atoms in total. The molecule has 0 saturated carbocycles. The molecule has 4 heteroatoms.